The summed E-state index contributed by atoms with van der Waals surface area (Å²) in [6.07, 6.45) is 3.54. The molecule has 108 valence electrons. The predicted molar refractivity (Wildman–Crippen MR) is 85.9 cm³/mol. The van der Waals surface area contributed by atoms with Gasteiger partial charge in [-0.15, -0.1) is 0 Å². The summed E-state index contributed by atoms with van der Waals surface area (Å²) in [5.41, 5.74) is 1.31. The molecule has 1 aromatic carbocycles. The highest BCUT2D eigenvalue weighted by molar-refractivity contribution is 9.10. The molecular weight excluding hydrogens is 302 g/mol. The molecular formula is C16H26BrNO. The molecule has 0 saturated carbocycles. The third-order valence-electron chi connectivity index (χ3n) is 3.59. The molecule has 0 amide bonds. The van der Waals surface area contributed by atoms with E-state index in [1.54, 1.807) is 7.11 Å². The number of likely N-dealkylation sites (N-methyl/N-ethyl adjacent to an activating group) is 1. The van der Waals surface area contributed by atoms with Crippen molar-refractivity contribution in [1.29, 1.82) is 0 Å². The summed E-state index contributed by atoms with van der Waals surface area (Å²) in [6, 6.07) is 6.72. The first-order valence-corrected chi connectivity index (χ1v) is 7.97. The number of ether oxygens (including phenoxy) is 1. The molecule has 1 N–H and O–H groups in total. The van der Waals surface area contributed by atoms with Crippen molar-refractivity contribution >= 4 is 15.9 Å². The van der Waals surface area contributed by atoms with Crippen molar-refractivity contribution in [3.05, 3.63) is 28.2 Å². The summed E-state index contributed by atoms with van der Waals surface area (Å²) in [7, 11) is 1.72. The lowest BCUT2D eigenvalue weighted by atomic mass is 9.91. The molecule has 2 unspecified atom stereocenters. The Labute approximate surface area is 126 Å². The summed E-state index contributed by atoms with van der Waals surface area (Å²) in [5, 5.41) is 3.62. The van der Waals surface area contributed by atoms with Crippen LogP contribution in [0.2, 0.25) is 0 Å². The second kappa shape index (κ2) is 8.60. The minimum atomic E-state index is 0.522. The fraction of sp³-hybridized carbons (Fsp3) is 0.625. The molecule has 0 radical (unpaired) electrons. The molecule has 0 aliphatic heterocycles. The Kier molecular flexibility index (Phi) is 7.47. The van der Waals surface area contributed by atoms with Gasteiger partial charge in [-0.05, 0) is 49.1 Å². The monoisotopic (exact) mass is 327 g/mol. The standard InChI is InChI=1S/C16H26BrNO/c1-5-7-12(3)16(18-6-2)11-13-10-14(19-4)8-9-15(13)17/h8-10,12,16,18H,5-7,11H2,1-4H3. The molecule has 0 spiro atoms. The van der Waals surface area contributed by atoms with E-state index in [2.05, 4.69) is 54.2 Å². The zero-order valence-corrected chi connectivity index (χ0v) is 14.1. The van der Waals surface area contributed by atoms with E-state index in [-0.39, 0.29) is 0 Å². The Hall–Kier alpha value is -0.540. The van der Waals surface area contributed by atoms with Gasteiger partial charge in [0.15, 0.2) is 0 Å². The second-order valence-corrected chi connectivity index (χ2v) is 5.95. The van der Waals surface area contributed by atoms with E-state index in [0.29, 0.717) is 12.0 Å². The molecule has 0 heterocycles. The van der Waals surface area contributed by atoms with Crippen LogP contribution in [0.4, 0.5) is 0 Å². The Morgan fingerprint density at radius 2 is 2.05 bits per heavy atom. The van der Waals surface area contributed by atoms with Gasteiger partial charge >= 0.3 is 0 Å². The molecule has 0 bridgehead atoms. The Morgan fingerprint density at radius 3 is 2.63 bits per heavy atom. The molecule has 0 saturated heterocycles. The Morgan fingerprint density at radius 1 is 1.32 bits per heavy atom. The van der Waals surface area contributed by atoms with E-state index in [4.69, 9.17) is 4.74 Å². The maximum absolute atomic E-state index is 5.32. The molecule has 0 aliphatic carbocycles. The fourth-order valence-corrected chi connectivity index (χ4v) is 2.87. The number of halogens is 1. The molecule has 1 rings (SSSR count). The van der Waals surface area contributed by atoms with Crippen molar-refractivity contribution in [1.82, 2.24) is 5.32 Å². The highest BCUT2D eigenvalue weighted by Gasteiger charge is 2.17. The van der Waals surface area contributed by atoms with Gasteiger partial charge in [-0.25, -0.2) is 0 Å². The van der Waals surface area contributed by atoms with Crippen LogP contribution in [-0.2, 0) is 6.42 Å². The number of nitrogens with one attached hydrogen (secondary N) is 1. The maximum Gasteiger partial charge on any atom is 0.119 e. The summed E-state index contributed by atoms with van der Waals surface area (Å²) >= 11 is 3.64. The molecule has 2 nitrogen and oxygen atoms in total. The van der Waals surface area contributed by atoms with Crippen molar-refractivity contribution in [2.75, 3.05) is 13.7 Å². The third kappa shape index (κ3) is 5.15. The lowest BCUT2D eigenvalue weighted by molar-refractivity contribution is 0.356. The van der Waals surface area contributed by atoms with E-state index in [9.17, 15) is 0 Å². The van der Waals surface area contributed by atoms with Crippen LogP contribution in [0.5, 0.6) is 5.75 Å². The van der Waals surface area contributed by atoms with Crippen molar-refractivity contribution in [3.63, 3.8) is 0 Å². The van der Waals surface area contributed by atoms with Gasteiger partial charge in [-0.1, -0.05) is 43.1 Å². The zero-order valence-electron chi connectivity index (χ0n) is 12.5. The smallest absolute Gasteiger partial charge is 0.119 e. The van der Waals surface area contributed by atoms with Crippen LogP contribution in [0.25, 0.3) is 0 Å². The molecule has 0 aliphatic rings. The third-order valence-corrected chi connectivity index (χ3v) is 4.36. The average Bonchev–Trinajstić information content (AvgIpc) is 2.40. The molecule has 0 aromatic heterocycles. The van der Waals surface area contributed by atoms with Crippen molar-refractivity contribution < 1.29 is 4.74 Å². The van der Waals surface area contributed by atoms with E-state index < -0.39 is 0 Å². The molecule has 1 aromatic rings. The van der Waals surface area contributed by atoms with Crippen molar-refractivity contribution in [2.45, 2.75) is 46.1 Å². The summed E-state index contributed by atoms with van der Waals surface area (Å²) in [5.74, 6) is 1.61. The molecule has 2 atom stereocenters. The molecule has 19 heavy (non-hydrogen) atoms. The predicted octanol–water partition coefficient (Wildman–Crippen LogP) is 4.41. The van der Waals surface area contributed by atoms with Crippen molar-refractivity contribution in [2.24, 2.45) is 5.92 Å². The van der Waals surface area contributed by atoms with Crippen LogP contribution in [0, 0.1) is 5.92 Å². The van der Waals surface area contributed by atoms with Crippen LogP contribution >= 0.6 is 15.9 Å². The topological polar surface area (TPSA) is 21.3 Å². The summed E-state index contributed by atoms with van der Waals surface area (Å²) in [6.45, 7) is 7.78. The van der Waals surface area contributed by atoms with Crippen LogP contribution in [-0.4, -0.2) is 19.7 Å². The van der Waals surface area contributed by atoms with E-state index in [0.717, 1.165) is 18.7 Å². The minimum Gasteiger partial charge on any atom is -0.497 e. The summed E-state index contributed by atoms with van der Waals surface area (Å²) < 4.78 is 6.48. The fourth-order valence-electron chi connectivity index (χ4n) is 2.46. The molecule has 3 heteroatoms. The first-order valence-electron chi connectivity index (χ1n) is 7.18. The largest absolute Gasteiger partial charge is 0.497 e. The van der Waals surface area contributed by atoms with Crippen LogP contribution in [0.1, 0.15) is 39.2 Å². The first-order chi connectivity index (χ1) is 9.12. The molecule has 0 fully saturated rings. The minimum absolute atomic E-state index is 0.522. The van der Waals surface area contributed by atoms with E-state index in [1.165, 1.54) is 22.9 Å². The van der Waals surface area contributed by atoms with Gasteiger partial charge < -0.3 is 10.1 Å². The van der Waals surface area contributed by atoms with Crippen LogP contribution < -0.4 is 10.1 Å². The number of hydrogen-bond donors (Lipinski definition) is 1. The van der Waals surface area contributed by atoms with Crippen LogP contribution in [0.15, 0.2) is 22.7 Å². The second-order valence-electron chi connectivity index (χ2n) is 5.09. The quantitative estimate of drug-likeness (QED) is 0.763. The lowest BCUT2D eigenvalue weighted by Gasteiger charge is -2.25. The average molecular weight is 328 g/mol. The lowest BCUT2D eigenvalue weighted by Crippen LogP contribution is -2.36. The number of benzene rings is 1. The highest BCUT2D eigenvalue weighted by Crippen LogP contribution is 2.25. The van der Waals surface area contributed by atoms with Gasteiger partial charge in [0.25, 0.3) is 0 Å². The number of hydrogen-bond acceptors (Lipinski definition) is 2. The highest BCUT2D eigenvalue weighted by atomic mass is 79.9. The SMILES string of the molecule is CCCC(C)C(Cc1cc(OC)ccc1Br)NCC. The van der Waals surface area contributed by atoms with Gasteiger partial charge in [-0.2, -0.15) is 0 Å². The van der Waals surface area contributed by atoms with Gasteiger partial charge in [-0.3, -0.25) is 0 Å². The maximum atomic E-state index is 5.32. The van der Waals surface area contributed by atoms with Crippen LogP contribution in [0.3, 0.4) is 0 Å². The summed E-state index contributed by atoms with van der Waals surface area (Å²) in [4.78, 5) is 0. The van der Waals surface area contributed by atoms with Crippen molar-refractivity contribution in [3.8, 4) is 5.75 Å². The van der Waals surface area contributed by atoms with E-state index in [1.807, 2.05) is 6.07 Å². The number of rotatable bonds is 8. The number of methoxy groups -OCH3 is 1. The van der Waals surface area contributed by atoms with E-state index >= 15 is 0 Å². The normalized spacial score (nSPS) is 14.2. The van der Waals surface area contributed by atoms with Gasteiger partial charge in [0.05, 0.1) is 7.11 Å². The first kappa shape index (κ1) is 16.5. The Bertz CT molecular complexity index is 381. The van der Waals surface area contributed by atoms with Gasteiger partial charge in [0.2, 0.25) is 0 Å². The zero-order chi connectivity index (χ0) is 14.3. The Balaban J connectivity index is 2.82. The van der Waals surface area contributed by atoms with Gasteiger partial charge in [0.1, 0.15) is 5.75 Å². The van der Waals surface area contributed by atoms with Gasteiger partial charge in [0, 0.05) is 10.5 Å².